The van der Waals surface area contributed by atoms with Gasteiger partial charge in [-0.25, -0.2) is 22.5 Å². The summed E-state index contributed by atoms with van der Waals surface area (Å²) in [6, 6.07) is 15.0. The van der Waals surface area contributed by atoms with Gasteiger partial charge in [-0.3, -0.25) is 4.79 Å². The lowest BCUT2D eigenvalue weighted by Gasteiger charge is -2.11. The standard InChI is InChI=1S/C20H18FN3O4S/c1-24(2)29(26,27)16-7-5-6-14(12-16)20(25)23-22-13-15-10-11-19(28-15)17-8-3-4-9-18(17)21/h3-13H,1-2H3,(H,23,25)/b22-13-. The average Bonchev–Trinajstić information content (AvgIpc) is 3.17. The van der Waals surface area contributed by atoms with Gasteiger partial charge in [0.2, 0.25) is 10.0 Å². The van der Waals surface area contributed by atoms with E-state index in [2.05, 4.69) is 10.5 Å². The number of nitrogens with zero attached hydrogens (tertiary/aromatic N) is 2. The zero-order chi connectivity index (χ0) is 21.0. The van der Waals surface area contributed by atoms with Crippen molar-refractivity contribution in [1.82, 2.24) is 9.73 Å². The van der Waals surface area contributed by atoms with Gasteiger partial charge in [-0.05, 0) is 42.5 Å². The van der Waals surface area contributed by atoms with Crippen LogP contribution in [0.3, 0.4) is 0 Å². The highest BCUT2D eigenvalue weighted by molar-refractivity contribution is 7.89. The van der Waals surface area contributed by atoms with Crippen molar-refractivity contribution in [3.8, 4) is 11.3 Å². The fraction of sp³-hybridized carbons (Fsp3) is 0.100. The van der Waals surface area contributed by atoms with Crippen molar-refractivity contribution >= 4 is 22.1 Å². The van der Waals surface area contributed by atoms with Crippen molar-refractivity contribution in [3.05, 3.63) is 77.8 Å². The maximum absolute atomic E-state index is 13.8. The second kappa shape index (κ2) is 8.38. The molecule has 0 atom stereocenters. The Morgan fingerprint density at radius 3 is 2.59 bits per heavy atom. The Bertz CT molecular complexity index is 1170. The molecule has 7 nitrogen and oxygen atoms in total. The molecule has 2 aromatic carbocycles. The molecular weight excluding hydrogens is 397 g/mol. The van der Waals surface area contributed by atoms with Gasteiger partial charge in [-0.2, -0.15) is 5.10 Å². The minimum absolute atomic E-state index is 0.000284. The molecule has 3 rings (SSSR count). The molecule has 1 N–H and O–H groups in total. The lowest BCUT2D eigenvalue weighted by atomic mass is 10.1. The molecular formula is C20H18FN3O4S. The first-order chi connectivity index (χ1) is 13.8. The Morgan fingerprint density at radius 2 is 1.86 bits per heavy atom. The quantitative estimate of drug-likeness (QED) is 0.495. The van der Waals surface area contributed by atoms with E-state index in [0.29, 0.717) is 17.1 Å². The molecule has 0 aliphatic rings. The third-order valence-electron chi connectivity index (χ3n) is 4.00. The third kappa shape index (κ3) is 4.58. The number of rotatable bonds is 6. The number of nitrogens with one attached hydrogen (secondary N) is 1. The molecule has 0 unspecified atom stereocenters. The van der Waals surface area contributed by atoms with Crippen molar-refractivity contribution in [3.63, 3.8) is 0 Å². The number of halogens is 1. The van der Waals surface area contributed by atoms with Gasteiger partial charge in [0, 0.05) is 19.7 Å². The fourth-order valence-corrected chi connectivity index (χ4v) is 3.40. The van der Waals surface area contributed by atoms with Crippen LogP contribution in [0.2, 0.25) is 0 Å². The molecule has 0 aliphatic heterocycles. The number of hydrazone groups is 1. The Hall–Kier alpha value is -3.30. The summed E-state index contributed by atoms with van der Waals surface area (Å²) >= 11 is 0. The maximum Gasteiger partial charge on any atom is 0.271 e. The zero-order valence-electron chi connectivity index (χ0n) is 15.7. The molecule has 0 radical (unpaired) electrons. The summed E-state index contributed by atoms with van der Waals surface area (Å²) in [5, 5.41) is 3.80. The third-order valence-corrected chi connectivity index (χ3v) is 5.81. The van der Waals surface area contributed by atoms with Gasteiger partial charge in [-0.1, -0.05) is 18.2 Å². The van der Waals surface area contributed by atoms with Crippen LogP contribution in [0.15, 0.2) is 75.1 Å². The second-order valence-electron chi connectivity index (χ2n) is 6.20. The maximum atomic E-state index is 13.8. The molecule has 1 amide bonds. The number of hydrogen-bond donors (Lipinski definition) is 1. The summed E-state index contributed by atoms with van der Waals surface area (Å²) in [6.07, 6.45) is 1.27. The number of furan rings is 1. The van der Waals surface area contributed by atoms with Crippen LogP contribution in [-0.2, 0) is 10.0 Å². The number of carbonyl (C=O) groups excluding carboxylic acids is 1. The van der Waals surface area contributed by atoms with Gasteiger partial charge in [0.25, 0.3) is 5.91 Å². The number of hydrogen-bond acceptors (Lipinski definition) is 5. The zero-order valence-corrected chi connectivity index (χ0v) is 16.5. The van der Waals surface area contributed by atoms with E-state index in [4.69, 9.17) is 4.42 Å². The molecule has 0 saturated carbocycles. The lowest BCUT2D eigenvalue weighted by molar-refractivity contribution is 0.0955. The number of carbonyl (C=O) groups is 1. The van der Waals surface area contributed by atoms with Crippen molar-refractivity contribution < 1.29 is 22.0 Å². The normalized spacial score (nSPS) is 11.9. The van der Waals surface area contributed by atoms with E-state index < -0.39 is 21.7 Å². The van der Waals surface area contributed by atoms with E-state index in [1.165, 1.54) is 50.6 Å². The van der Waals surface area contributed by atoms with Crippen LogP contribution in [0.25, 0.3) is 11.3 Å². The van der Waals surface area contributed by atoms with E-state index in [-0.39, 0.29) is 10.5 Å². The fourth-order valence-electron chi connectivity index (χ4n) is 2.46. The van der Waals surface area contributed by atoms with Crippen LogP contribution in [0.4, 0.5) is 4.39 Å². The Balaban J connectivity index is 1.70. The van der Waals surface area contributed by atoms with Crippen LogP contribution >= 0.6 is 0 Å². The molecule has 0 bridgehead atoms. The van der Waals surface area contributed by atoms with Gasteiger partial charge in [0.05, 0.1) is 16.7 Å². The molecule has 0 spiro atoms. The largest absolute Gasteiger partial charge is 0.455 e. The van der Waals surface area contributed by atoms with E-state index in [9.17, 15) is 17.6 Å². The predicted octanol–water partition coefficient (Wildman–Crippen LogP) is 3.10. The number of sulfonamides is 1. The first kappa shape index (κ1) is 20.4. The first-order valence-electron chi connectivity index (χ1n) is 8.50. The van der Waals surface area contributed by atoms with Crippen molar-refractivity contribution in [2.24, 2.45) is 5.10 Å². The highest BCUT2D eigenvalue weighted by Crippen LogP contribution is 2.24. The van der Waals surface area contributed by atoms with Gasteiger partial charge in [0.1, 0.15) is 17.3 Å². The summed E-state index contributed by atoms with van der Waals surface area (Å²) in [4.78, 5) is 12.2. The Morgan fingerprint density at radius 1 is 1.10 bits per heavy atom. The molecule has 9 heteroatoms. The summed E-state index contributed by atoms with van der Waals surface area (Å²) in [6.45, 7) is 0. The van der Waals surface area contributed by atoms with Gasteiger partial charge in [-0.15, -0.1) is 0 Å². The van der Waals surface area contributed by atoms with E-state index in [1.54, 1.807) is 30.3 Å². The van der Waals surface area contributed by atoms with Crippen molar-refractivity contribution in [2.75, 3.05) is 14.1 Å². The summed E-state index contributed by atoms with van der Waals surface area (Å²) < 4.78 is 44.7. The number of amides is 1. The summed E-state index contributed by atoms with van der Waals surface area (Å²) in [7, 11) is -0.838. The summed E-state index contributed by atoms with van der Waals surface area (Å²) in [5.41, 5.74) is 2.75. The molecule has 3 aromatic rings. The molecule has 0 fully saturated rings. The molecule has 150 valence electrons. The van der Waals surface area contributed by atoms with Crippen LogP contribution < -0.4 is 5.43 Å². The summed E-state index contributed by atoms with van der Waals surface area (Å²) in [5.74, 6) is -0.353. The Kier molecular flexibility index (Phi) is 5.90. The molecule has 29 heavy (non-hydrogen) atoms. The van der Waals surface area contributed by atoms with E-state index in [0.717, 1.165) is 4.31 Å². The minimum atomic E-state index is -3.65. The highest BCUT2D eigenvalue weighted by atomic mass is 32.2. The molecule has 1 aromatic heterocycles. The monoisotopic (exact) mass is 415 g/mol. The minimum Gasteiger partial charge on any atom is -0.455 e. The van der Waals surface area contributed by atoms with E-state index >= 15 is 0 Å². The lowest BCUT2D eigenvalue weighted by Crippen LogP contribution is -2.23. The van der Waals surface area contributed by atoms with Crippen LogP contribution in [-0.4, -0.2) is 38.9 Å². The van der Waals surface area contributed by atoms with Crippen LogP contribution in [0.5, 0.6) is 0 Å². The topological polar surface area (TPSA) is 92.0 Å². The smallest absolute Gasteiger partial charge is 0.271 e. The predicted molar refractivity (Wildman–Crippen MR) is 106 cm³/mol. The number of benzene rings is 2. The van der Waals surface area contributed by atoms with E-state index in [1.807, 2.05) is 0 Å². The average molecular weight is 415 g/mol. The molecule has 0 saturated heterocycles. The first-order valence-corrected chi connectivity index (χ1v) is 9.94. The Labute approximate surface area is 167 Å². The van der Waals surface area contributed by atoms with Gasteiger partial charge in [0.15, 0.2) is 0 Å². The van der Waals surface area contributed by atoms with Crippen molar-refractivity contribution in [2.45, 2.75) is 4.90 Å². The van der Waals surface area contributed by atoms with Crippen LogP contribution in [0.1, 0.15) is 16.1 Å². The molecule has 0 aliphatic carbocycles. The van der Waals surface area contributed by atoms with Gasteiger partial charge < -0.3 is 4.42 Å². The second-order valence-corrected chi connectivity index (χ2v) is 8.35. The highest BCUT2D eigenvalue weighted by Gasteiger charge is 2.18. The molecule has 1 heterocycles. The van der Waals surface area contributed by atoms with Crippen molar-refractivity contribution in [1.29, 1.82) is 0 Å². The van der Waals surface area contributed by atoms with Crippen LogP contribution in [0, 0.1) is 5.82 Å². The SMILES string of the molecule is CN(C)S(=O)(=O)c1cccc(C(=O)N/N=C\c2ccc(-c3ccccc3F)o2)c1. The van der Waals surface area contributed by atoms with Gasteiger partial charge >= 0.3 is 0 Å².